The van der Waals surface area contributed by atoms with E-state index < -0.39 is 0 Å². The van der Waals surface area contributed by atoms with Crippen molar-refractivity contribution < 1.29 is 14.2 Å². The highest BCUT2D eigenvalue weighted by Gasteiger charge is 2.20. The van der Waals surface area contributed by atoms with Crippen molar-refractivity contribution in [3.63, 3.8) is 0 Å². The Balaban J connectivity index is 2.12. The summed E-state index contributed by atoms with van der Waals surface area (Å²) in [5, 5.41) is 3.43. The SMILES string of the molecule is CN=C(NCc1c(OC)cc(OC)cc1OC)N1CCC(C)CC1. The van der Waals surface area contributed by atoms with Gasteiger partial charge >= 0.3 is 0 Å². The molecule has 1 saturated heterocycles. The summed E-state index contributed by atoms with van der Waals surface area (Å²) in [5.74, 6) is 3.90. The number of methoxy groups -OCH3 is 3. The zero-order valence-corrected chi connectivity index (χ0v) is 15.4. The highest BCUT2D eigenvalue weighted by Crippen LogP contribution is 2.33. The van der Waals surface area contributed by atoms with Crippen LogP contribution in [0.5, 0.6) is 17.2 Å². The molecule has 1 fully saturated rings. The summed E-state index contributed by atoms with van der Waals surface area (Å²) in [6.07, 6.45) is 2.41. The summed E-state index contributed by atoms with van der Waals surface area (Å²) in [4.78, 5) is 6.73. The molecule has 0 aliphatic carbocycles. The maximum atomic E-state index is 5.50. The summed E-state index contributed by atoms with van der Waals surface area (Å²) >= 11 is 0. The normalized spacial score (nSPS) is 16.0. The molecule has 0 bridgehead atoms. The highest BCUT2D eigenvalue weighted by atomic mass is 16.5. The molecule has 1 aliphatic heterocycles. The first-order chi connectivity index (χ1) is 11.6. The molecular weight excluding hydrogens is 306 g/mol. The topological polar surface area (TPSA) is 55.3 Å². The molecule has 6 nitrogen and oxygen atoms in total. The largest absolute Gasteiger partial charge is 0.496 e. The highest BCUT2D eigenvalue weighted by molar-refractivity contribution is 5.80. The van der Waals surface area contributed by atoms with E-state index in [1.54, 1.807) is 21.3 Å². The number of aliphatic imine (C=N–C) groups is 1. The van der Waals surface area contributed by atoms with E-state index in [0.29, 0.717) is 12.3 Å². The third-order valence-electron chi connectivity index (χ3n) is 4.54. The fraction of sp³-hybridized carbons (Fsp3) is 0.611. The predicted molar refractivity (Wildman–Crippen MR) is 96.3 cm³/mol. The van der Waals surface area contributed by atoms with Gasteiger partial charge in [0.05, 0.1) is 33.4 Å². The Morgan fingerprint density at radius 2 is 1.71 bits per heavy atom. The van der Waals surface area contributed by atoms with Crippen LogP contribution in [-0.4, -0.2) is 52.3 Å². The van der Waals surface area contributed by atoms with Crippen molar-refractivity contribution in [1.29, 1.82) is 0 Å². The van der Waals surface area contributed by atoms with Gasteiger partial charge in [-0.15, -0.1) is 0 Å². The Morgan fingerprint density at radius 1 is 1.12 bits per heavy atom. The second-order valence-electron chi connectivity index (χ2n) is 6.08. The van der Waals surface area contributed by atoms with Gasteiger partial charge in [-0.3, -0.25) is 4.99 Å². The Hall–Kier alpha value is -2.11. The predicted octanol–water partition coefficient (Wildman–Crippen LogP) is 2.52. The monoisotopic (exact) mass is 335 g/mol. The van der Waals surface area contributed by atoms with Crippen molar-refractivity contribution in [1.82, 2.24) is 10.2 Å². The summed E-state index contributed by atoms with van der Waals surface area (Å²) < 4.78 is 16.3. The number of likely N-dealkylation sites (tertiary alicyclic amines) is 1. The molecule has 1 N–H and O–H groups in total. The average molecular weight is 335 g/mol. The van der Waals surface area contributed by atoms with Crippen molar-refractivity contribution in [3.05, 3.63) is 17.7 Å². The van der Waals surface area contributed by atoms with Gasteiger partial charge in [0, 0.05) is 32.3 Å². The van der Waals surface area contributed by atoms with Crippen LogP contribution >= 0.6 is 0 Å². The molecule has 0 amide bonds. The van der Waals surface area contributed by atoms with Gasteiger partial charge in [0.1, 0.15) is 17.2 Å². The molecule has 0 spiro atoms. The Bertz CT molecular complexity index is 542. The lowest BCUT2D eigenvalue weighted by atomic mass is 9.99. The van der Waals surface area contributed by atoms with Crippen molar-refractivity contribution in [2.45, 2.75) is 26.3 Å². The van der Waals surface area contributed by atoms with Gasteiger partial charge in [0.2, 0.25) is 0 Å². The van der Waals surface area contributed by atoms with Gasteiger partial charge in [-0.1, -0.05) is 6.92 Å². The molecule has 0 aromatic heterocycles. The number of rotatable bonds is 5. The van der Waals surface area contributed by atoms with E-state index in [0.717, 1.165) is 42.0 Å². The second kappa shape index (κ2) is 8.66. The minimum atomic E-state index is 0.578. The lowest BCUT2D eigenvalue weighted by Gasteiger charge is -2.33. The molecular formula is C18H29N3O3. The number of nitrogens with zero attached hydrogens (tertiary/aromatic N) is 2. The lowest BCUT2D eigenvalue weighted by molar-refractivity contribution is 0.273. The molecule has 1 heterocycles. The van der Waals surface area contributed by atoms with Crippen LogP contribution < -0.4 is 19.5 Å². The van der Waals surface area contributed by atoms with Crippen molar-refractivity contribution in [2.75, 3.05) is 41.5 Å². The van der Waals surface area contributed by atoms with E-state index in [9.17, 15) is 0 Å². The standard InChI is InChI=1S/C18H29N3O3/c1-13-6-8-21(9-7-13)18(19-2)20-12-15-16(23-4)10-14(22-3)11-17(15)24-5/h10-11,13H,6-9,12H2,1-5H3,(H,19,20). The number of hydrogen-bond donors (Lipinski definition) is 1. The quantitative estimate of drug-likeness (QED) is 0.662. The van der Waals surface area contributed by atoms with Crippen LogP contribution in [0.4, 0.5) is 0 Å². The van der Waals surface area contributed by atoms with E-state index in [2.05, 4.69) is 22.1 Å². The third-order valence-corrected chi connectivity index (χ3v) is 4.54. The van der Waals surface area contributed by atoms with E-state index in [1.165, 1.54) is 12.8 Å². The molecule has 0 unspecified atom stereocenters. The van der Waals surface area contributed by atoms with Gasteiger partial charge in [-0.2, -0.15) is 0 Å². The number of guanidine groups is 1. The van der Waals surface area contributed by atoms with E-state index >= 15 is 0 Å². The van der Waals surface area contributed by atoms with Gasteiger partial charge in [-0.25, -0.2) is 0 Å². The van der Waals surface area contributed by atoms with Gasteiger partial charge in [0.25, 0.3) is 0 Å². The molecule has 2 rings (SSSR count). The third kappa shape index (κ3) is 4.24. The number of benzene rings is 1. The number of ether oxygens (including phenoxy) is 3. The second-order valence-corrected chi connectivity index (χ2v) is 6.08. The lowest BCUT2D eigenvalue weighted by Crippen LogP contribution is -2.45. The van der Waals surface area contributed by atoms with Crippen LogP contribution in [0.3, 0.4) is 0 Å². The average Bonchev–Trinajstić information content (AvgIpc) is 2.63. The van der Waals surface area contributed by atoms with Crippen LogP contribution in [0.2, 0.25) is 0 Å². The van der Waals surface area contributed by atoms with Crippen LogP contribution in [0, 0.1) is 5.92 Å². The minimum Gasteiger partial charge on any atom is -0.496 e. The number of hydrogen-bond acceptors (Lipinski definition) is 4. The van der Waals surface area contributed by atoms with Gasteiger partial charge < -0.3 is 24.4 Å². The van der Waals surface area contributed by atoms with Crippen molar-refractivity contribution in [2.24, 2.45) is 10.9 Å². The fourth-order valence-corrected chi connectivity index (χ4v) is 2.97. The van der Waals surface area contributed by atoms with Crippen LogP contribution in [0.1, 0.15) is 25.3 Å². The Kier molecular flexibility index (Phi) is 6.58. The van der Waals surface area contributed by atoms with Gasteiger partial charge in [-0.05, 0) is 18.8 Å². The van der Waals surface area contributed by atoms with Crippen LogP contribution in [0.15, 0.2) is 17.1 Å². The zero-order valence-electron chi connectivity index (χ0n) is 15.4. The molecule has 6 heteroatoms. The summed E-state index contributed by atoms with van der Waals surface area (Å²) in [6, 6.07) is 3.73. The number of piperidine rings is 1. The molecule has 0 atom stereocenters. The molecule has 0 radical (unpaired) electrons. The minimum absolute atomic E-state index is 0.578. The van der Waals surface area contributed by atoms with Crippen molar-refractivity contribution in [3.8, 4) is 17.2 Å². The number of nitrogens with one attached hydrogen (secondary N) is 1. The van der Waals surface area contributed by atoms with E-state index in [-0.39, 0.29) is 0 Å². The first kappa shape index (κ1) is 18.2. The summed E-state index contributed by atoms with van der Waals surface area (Å²) in [6.45, 7) is 4.96. The summed E-state index contributed by atoms with van der Waals surface area (Å²) in [7, 11) is 6.76. The molecule has 1 aromatic rings. The maximum Gasteiger partial charge on any atom is 0.193 e. The molecule has 134 valence electrons. The maximum absolute atomic E-state index is 5.50. The molecule has 1 aliphatic rings. The molecule has 1 aromatic carbocycles. The Labute approximate surface area is 144 Å². The molecule has 0 saturated carbocycles. The van der Waals surface area contributed by atoms with E-state index in [4.69, 9.17) is 14.2 Å². The van der Waals surface area contributed by atoms with Gasteiger partial charge in [0.15, 0.2) is 5.96 Å². The Morgan fingerprint density at radius 3 is 2.17 bits per heavy atom. The molecule has 24 heavy (non-hydrogen) atoms. The van der Waals surface area contributed by atoms with Crippen LogP contribution in [0.25, 0.3) is 0 Å². The first-order valence-corrected chi connectivity index (χ1v) is 8.37. The first-order valence-electron chi connectivity index (χ1n) is 8.37. The van der Waals surface area contributed by atoms with Crippen LogP contribution in [-0.2, 0) is 6.54 Å². The zero-order chi connectivity index (χ0) is 17.5. The fourth-order valence-electron chi connectivity index (χ4n) is 2.97. The summed E-state index contributed by atoms with van der Waals surface area (Å²) in [5.41, 5.74) is 0.951. The smallest absolute Gasteiger partial charge is 0.193 e. The van der Waals surface area contributed by atoms with Crippen molar-refractivity contribution >= 4 is 5.96 Å². The van der Waals surface area contributed by atoms with E-state index in [1.807, 2.05) is 19.2 Å².